The molecular formula is C18H30ClN3O3S. The van der Waals surface area contributed by atoms with Crippen LogP contribution in [-0.2, 0) is 11.3 Å². The Kier molecular flexibility index (Phi) is 7.07. The number of aromatic nitrogens is 1. The first-order valence-electron chi connectivity index (χ1n) is 9.07. The molecule has 0 spiro atoms. The van der Waals surface area contributed by atoms with E-state index >= 15 is 0 Å². The molecule has 3 N–H and O–H groups in total. The van der Waals surface area contributed by atoms with Crippen molar-refractivity contribution < 1.29 is 15.0 Å². The molecule has 6 nitrogen and oxygen atoms in total. The van der Waals surface area contributed by atoms with Crippen molar-refractivity contribution in [1.82, 2.24) is 15.2 Å². The van der Waals surface area contributed by atoms with Gasteiger partial charge in [0.25, 0.3) is 0 Å². The highest BCUT2D eigenvalue weighted by Crippen LogP contribution is 2.42. The van der Waals surface area contributed by atoms with E-state index in [-0.39, 0.29) is 42.0 Å². The van der Waals surface area contributed by atoms with E-state index in [1.54, 1.807) is 23.3 Å². The topological polar surface area (TPSA) is 85.7 Å². The summed E-state index contributed by atoms with van der Waals surface area (Å²) in [5.74, 6) is -0.0823. The number of thiazole rings is 1. The van der Waals surface area contributed by atoms with Crippen LogP contribution in [0.4, 0.5) is 0 Å². The Morgan fingerprint density at radius 2 is 2.00 bits per heavy atom. The van der Waals surface area contributed by atoms with Gasteiger partial charge in [-0.3, -0.25) is 4.79 Å². The Hall–Kier alpha value is -0.730. The number of carbonyl (C=O) groups is 1. The summed E-state index contributed by atoms with van der Waals surface area (Å²) in [4.78, 5) is 19.5. The molecule has 0 unspecified atom stereocenters. The van der Waals surface area contributed by atoms with Crippen LogP contribution in [0.2, 0.25) is 0 Å². The molecule has 1 aliphatic carbocycles. The number of aliphatic hydroxyl groups excluding tert-OH is 2. The molecule has 148 valence electrons. The maximum atomic E-state index is 13.1. The van der Waals surface area contributed by atoms with Crippen LogP contribution in [-0.4, -0.2) is 58.3 Å². The summed E-state index contributed by atoms with van der Waals surface area (Å²) in [5, 5.41) is 27.1. The highest BCUT2D eigenvalue weighted by molar-refractivity contribution is 7.09. The number of carbonyl (C=O) groups excluding carboxylic acids is 1. The molecule has 1 saturated carbocycles. The number of nitrogens with one attached hydrogen (secondary N) is 1. The van der Waals surface area contributed by atoms with E-state index in [0.29, 0.717) is 19.0 Å². The van der Waals surface area contributed by atoms with E-state index < -0.39 is 12.2 Å². The molecule has 1 aliphatic heterocycles. The average molecular weight is 404 g/mol. The van der Waals surface area contributed by atoms with Gasteiger partial charge in [-0.2, -0.15) is 0 Å². The summed E-state index contributed by atoms with van der Waals surface area (Å²) in [6.45, 7) is 7.96. The van der Waals surface area contributed by atoms with Gasteiger partial charge in [0.1, 0.15) is 0 Å². The highest BCUT2D eigenvalue weighted by Gasteiger charge is 2.52. The van der Waals surface area contributed by atoms with Crippen molar-refractivity contribution in [3.63, 3.8) is 0 Å². The summed E-state index contributed by atoms with van der Waals surface area (Å²) in [6.07, 6.45) is -1.60. The first-order valence-corrected chi connectivity index (χ1v) is 9.95. The number of fused-ring (bicyclic) bond motifs is 1. The summed E-state index contributed by atoms with van der Waals surface area (Å²) in [5.41, 5.74) is 0.912. The number of hydrogen-bond donors (Lipinski definition) is 3. The summed E-state index contributed by atoms with van der Waals surface area (Å²) < 4.78 is 0. The van der Waals surface area contributed by atoms with Crippen molar-refractivity contribution in [2.75, 3.05) is 20.1 Å². The predicted molar refractivity (Wildman–Crippen MR) is 104 cm³/mol. The number of amides is 1. The minimum atomic E-state index is -0.852. The van der Waals surface area contributed by atoms with Crippen molar-refractivity contribution in [2.45, 2.75) is 45.4 Å². The van der Waals surface area contributed by atoms with Crippen molar-refractivity contribution in [1.29, 1.82) is 0 Å². The van der Waals surface area contributed by atoms with Gasteiger partial charge in [-0.25, -0.2) is 4.98 Å². The minimum Gasteiger partial charge on any atom is -0.390 e. The van der Waals surface area contributed by atoms with E-state index in [0.717, 1.165) is 17.2 Å². The molecule has 1 aromatic heterocycles. The molecule has 3 rings (SSSR count). The van der Waals surface area contributed by atoms with Gasteiger partial charge < -0.3 is 20.4 Å². The van der Waals surface area contributed by atoms with E-state index in [1.165, 1.54) is 0 Å². The highest BCUT2D eigenvalue weighted by atomic mass is 35.5. The largest absolute Gasteiger partial charge is 0.390 e. The fourth-order valence-electron chi connectivity index (χ4n) is 4.30. The van der Waals surface area contributed by atoms with E-state index in [1.807, 2.05) is 12.3 Å². The second-order valence-electron chi connectivity index (χ2n) is 7.88. The molecule has 26 heavy (non-hydrogen) atoms. The average Bonchev–Trinajstić information content (AvgIpc) is 3.22. The number of rotatable bonds is 4. The van der Waals surface area contributed by atoms with Gasteiger partial charge in [-0.05, 0) is 18.4 Å². The van der Waals surface area contributed by atoms with Gasteiger partial charge >= 0.3 is 0 Å². The molecule has 2 heterocycles. The van der Waals surface area contributed by atoms with Crippen LogP contribution in [0, 0.1) is 23.7 Å². The van der Waals surface area contributed by atoms with Gasteiger partial charge in [0.15, 0.2) is 0 Å². The fourth-order valence-corrected chi connectivity index (χ4v) is 5.12. The maximum absolute atomic E-state index is 13.1. The summed E-state index contributed by atoms with van der Waals surface area (Å²) in [7, 11) is 1.80. The third kappa shape index (κ3) is 3.92. The fraction of sp³-hybridized carbons (Fsp3) is 0.778. The van der Waals surface area contributed by atoms with E-state index in [4.69, 9.17) is 0 Å². The lowest BCUT2D eigenvalue weighted by molar-refractivity contribution is -0.154. The lowest BCUT2D eigenvalue weighted by atomic mass is 9.65. The number of nitrogens with zero attached hydrogens (tertiary/aromatic N) is 2. The first-order chi connectivity index (χ1) is 11.8. The van der Waals surface area contributed by atoms with Crippen molar-refractivity contribution in [3.8, 4) is 0 Å². The van der Waals surface area contributed by atoms with Crippen LogP contribution in [0.3, 0.4) is 0 Å². The predicted octanol–water partition coefficient (Wildman–Crippen LogP) is 1.47. The molecule has 0 aromatic carbocycles. The van der Waals surface area contributed by atoms with Gasteiger partial charge in [0.2, 0.25) is 5.91 Å². The van der Waals surface area contributed by atoms with E-state index in [2.05, 4.69) is 24.1 Å². The van der Waals surface area contributed by atoms with Crippen LogP contribution in [0.1, 0.15) is 37.4 Å². The zero-order valence-corrected chi connectivity index (χ0v) is 17.4. The molecule has 1 saturated heterocycles. The Labute approximate surface area is 165 Å². The molecule has 0 radical (unpaired) electrons. The van der Waals surface area contributed by atoms with Gasteiger partial charge in [0, 0.05) is 36.7 Å². The lowest BCUT2D eigenvalue weighted by Gasteiger charge is -2.44. The van der Waals surface area contributed by atoms with Crippen molar-refractivity contribution in [3.05, 3.63) is 16.1 Å². The van der Waals surface area contributed by atoms with Crippen LogP contribution in [0.5, 0.6) is 0 Å². The molecule has 2 aliphatic rings. The number of halogens is 1. The molecule has 0 bridgehead atoms. The normalized spacial score (nSPS) is 33.7. The number of hydrogen-bond acceptors (Lipinski definition) is 6. The van der Waals surface area contributed by atoms with Crippen molar-refractivity contribution in [2.24, 2.45) is 23.7 Å². The maximum Gasteiger partial charge on any atom is 0.226 e. The third-order valence-corrected chi connectivity index (χ3v) is 6.98. The molecular weight excluding hydrogens is 374 g/mol. The zero-order chi connectivity index (χ0) is 18.3. The smallest absolute Gasteiger partial charge is 0.226 e. The number of aliphatic hydroxyl groups is 2. The Balaban J connectivity index is 0.00000243. The first kappa shape index (κ1) is 21.6. The third-order valence-electron chi connectivity index (χ3n) is 5.79. The van der Waals surface area contributed by atoms with Crippen LogP contribution < -0.4 is 5.32 Å². The monoisotopic (exact) mass is 403 g/mol. The Bertz CT molecular complexity index is 627. The van der Waals surface area contributed by atoms with Crippen LogP contribution in [0.15, 0.2) is 5.38 Å². The molecule has 2 fully saturated rings. The second kappa shape index (κ2) is 8.52. The Morgan fingerprint density at radius 3 is 2.62 bits per heavy atom. The summed E-state index contributed by atoms with van der Waals surface area (Å²) >= 11 is 1.63. The van der Waals surface area contributed by atoms with Gasteiger partial charge in [-0.15, -0.1) is 23.7 Å². The lowest BCUT2D eigenvalue weighted by Crippen LogP contribution is -2.55. The van der Waals surface area contributed by atoms with Gasteiger partial charge in [-0.1, -0.05) is 20.8 Å². The minimum absolute atomic E-state index is 0. The van der Waals surface area contributed by atoms with Gasteiger partial charge in [0.05, 0.1) is 29.5 Å². The Morgan fingerprint density at radius 1 is 1.35 bits per heavy atom. The SMILES string of the molecule is CC(C)c1nc(CN(C)C(=O)[C@H]2[C@@H](C)[C@H](O)[C@@H](O)[C@H]3CNC[C@@H]32)cs1.Cl. The molecule has 6 atom stereocenters. The zero-order valence-electron chi connectivity index (χ0n) is 15.8. The van der Waals surface area contributed by atoms with Crippen LogP contribution in [0.25, 0.3) is 0 Å². The standard InChI is InChI=1S/C18H29N3O3S.ClH/c1-9(2)17-20-11(8-25-17)7-21(4)18(24)14-10(3)15(22)16(23)13-6-19-5-12(13)14;/h8-10,12-16,19,22-23H,5-7H2,1-4H3;1H/t10-,12+,13+,14+,15+,16+;/m1./s1. The van der Waals surface area contributed by atoms with E-state index in [9.17, 15) is 15.0 Å². The van der Waals surface area contributed by atoms with Crippen molar-refractivity contribution >= 4 is 29.7 Å². The summed E-state index contributed by atoms with van der Waals surface area (Å²) in [6, 6.07) is 0. The second-order valence-corrected chi connectivity index (χ2v) is 8.77. The van der Waals surface area contributed by atoms with Crippen LogP contribution >= 0.6 is 23.7 Å². The molecule has 8 heteroatoms. The quantitative estimate of drug-likeness (QED) is 0.708. The molecule has 1 amide bonds. The molecule has 1 aromatic rings.